The third-order valence-electron chi connectivity index (χ3n) is 5.40. The Labute approximate surface area is 199 Å². The summed E-state index contributed by atoms with van der Waals surface area (Å²) in [6.45, 7) is 4.09. The minimum Gasteiger partial charge on any atom is -0.491 e. The molecule has 3 N–H and O–H groups in total. The molecule has 0 radical (unpaired) electrons. The highest BCUT2D eigenvalue weighted by atomic mass is 32.2. The summed E-state index contributed by atoms with van der Waals surface area (Å²) in [6, 6.07) is 13.7. The summed E-state index contributed by atoms with van der Waals surface area (Å²) in [5.74, 6) is -0.593. The number of nitriles is 1. The second-order valence-electron chi connectivity index (χ2n) is 8.35. The van der Waals surface area contributed by atoms with Crippen molar-refractivity contribution in [2.75, 3.05) is 6.54 Å². The van der Waals surface area contributed by atoms with Gasteiger partial charge < -0.3 is 15.8 Å². The SMILES string of the molecule is CC(C)Oc1ccc(-c2ccc(S(=O)(=O)N3CCC[C@H]3C(=O)N[C@H](C#N)CC(N)=O)cc2)cc1. The second kappa shape index (κ2) is 10.7. The molecule has 1 aliphatic heterocycles. The van der Waals surface area contributed by atoms with Crippen LogP contribution in [0, 0.1) is 11.3 Å². The van der Waals surface area contributed by atoms with Gasteiger partial charge in [-0.15, -0.1) is 0 Å². The van der Waals surface area contributed by atoms with Crippen LogP contribution >= 0.6 is 0 Å². The number of hydrogen-bond donors (Lipinski definition) is 2. The molecular weight excluding hydrogens is 456 g/mol. The highest BCUT2D eigenvalue weighted by Crippen LogP contribution is 2.29. The zero-order valence-corrected chi connectivity index (χ0v) is 19.9. The summed E-state index contributed by atoms with van der Waals surface area (Å²) in [5, 5.41) is 11.6. The maximum atomic E-state index is 13.3. The topological polar surface area (TPSA) is 143 Å². The van der Waals surface area contributed by atoms with E-state index in [1.165, 1.54) is 12.1 Å². The van der Waals surface area contributed by atoms with Gasteiger partial charge in [-0.05, 0) is 62.1 Å². The molecule has 34 heavy (non-hydrogen) atoms. The second-order valence-corrected chi connectivity index (χ2v) is 10.2. The third kappa shape index (κ3) is 5.92. The van der Waals surface area contributed by atoms with Crippen molar-refractivity contribution in [2.45, 2.75) is 56.2 Å². The first kappa shape index (κ1) is 25.2. The zero-order valence-electron chi connectivity index (χ0n) is 19.1. The van der Waals surface area contributed by atoms with E-state index in [1.807, 2.05) is 38.1 Å². The van der Waals surface area contributed by atoms with Crippen LogP contribution in [0.5, 0.6) is 5.75 Å². The first-order chi connectivity index (χ1) is 16.1. The van der Waals surface area contributed by atoms with Gasteiger partial charge in [0, 0.05) is 6.54 Å². The molecule has 0 aliphatic carbocycles. The number of sulfonamides is 1. The van der Waals surface area contributed by atoms with Crippen LogP contribution in [-0.2, 0) is 19.6 Å². The minimum atomic E-state index is -3.94. The summed E-state index contributed by atoms with van der Waals surface area (Å²) < 4.78 is 33.3. The Hall–Kier alpha value is -3.42. The van der Waals surface area contributed by atoms with E-state index in [9.17, 15) is 18.0 Å². The van der Waals surface area contributed by atoms with E-state index in [-0.39, 0.29) is 24.0 Å². The monoisotopic (exact) mass is 484 g/mol. The molecule has 0 aromatic heterocycles. The summed E-state index contributed by atoms with van der Waals surface area (Å²) in [7, 11) is -3.94. The maximum Gasteiger partial charge on any atom is 0.243 e. The summed E-state index contributed by atoms with van der Waals surface area (Å²) in [6.07, 6.45) is 0.560. The van der Waals surface area contributed by atoms with E-state index in [1.54, 1.807) is 18.2 Å². The Morgan fingerprint density at radius 3 is 2.26 bits per heavy atom. The average molecular weight is 485 g/mol. The number of nitrogens with one attached hydrogen (secondary N) is 1. The summed E-state index contributed by atoms with van der Waals surface area (Å²) in [5.41, 5.74) is 6.85. The molecule has 0 bridgehead atoms. The van der Waals surface area contributed by atoms with Crippen LogP contribution in [0.1, 0.15) is 33.1 Å². The van der Waals surface area contributed by atoms with E-state index in [4.69, 9.17) is 15.7 Å². The quantitative estimate of drug-likeness (QED) is 0.558. The molecule has 2 aromatic rings. The molecule has 1 saturated heterocycles. The molecule has 1 fully saturated rings. The van der Waals surface area contributed by atoms with Gasteiger partial charge in [0.1, 0.15) is 17.8 Å². The largest absolute Gasteiger partial charge is 0.491 e. The molecule has 3 rings (SSSR count). The lowest BCUT2D eigenvalue weighted by Crippen LogP contribution is -2.49. The Balaban J connectivity index is 1.75. The van der Waals surface area contributed by atoms with Crippen LogP contribution in [0.25, 0.3) is 11.1 Å². The van der Waals surface area contributed by atoms with E-state index in [0.29, 0.717) is 12.8 Å². The normalized spacial score (nSPS) is 17.2. The molecule has 0 unspecified atom stereocenters. The minimum absolute atomic E-state index is 0.0702. The van der Waals surface area contributed by atoms with Crippen molar-refractivity contribution < 1.29 is 22.7 Å². The van der Waals surface area contributed by atoms with E-state index in [2.05, 4.69) is 5.32 Å². The number of carbonyl (C=O) groups is 2. The van der Waals surface area contributed by atoms with Crippen LogP contribution in [0.15, 0.2) is 53.4 Å². The van der Waals surface area contributed by atoms with Crippen molar-refractivity contribution in [3.8, 4) is 22.9 Å². The fourth-order valence-corrected chi connectivity index (χ4v) is 5.50. The first-order valence-corrected chi connectivity index (χ1v) is 12.4. The van der Waals surface area contributed by atoms with Gasteiger partial charge in [-0.1, -0.05) is 24.3 Å². The van der Waals surface area contributed by atoms with E-state index in [0.717, 1.165) is 21.2 Å². The van der Waals surface area contributed by atoms with Gasteiger partial charge >= 0.3 is 0 Å². The molecule has 10 heteroatoms. The predicted molar refractivity (Wildman–Crippen MR) is 126 cm³/mol. The van der Waals surface area contributed by atoms with Crippen molar-refractivity contribution in [1.82, 2.24) is 9.62 Å². The Bertz CT molecular complexity index is 1170. The highest BCUT2D eigenvalue weighted by Gasteiger charge is 2.40. The molecular formula is C24H28N4O5S. The number of rotatable bonds is 9. The van der Waals surface area contributed by atoms with Crippen LogP contribution in [-0.4, -0.2) is 49.3 Å². The van der Waals surface area contributed by atoms with Gasteiger partial charge in [0.2, 0.25) is 21.8 Å². The molecule has 2 amide bonds. The molecule has 0 saturated carbocycles. The van der Waals surface area contributed by atoms with Crippen LogP contribution in [0.2, 0.25) is 0 Å². The lowest BCUT2D eigenvalue weighted by atomic mass is 10.1. The van der Waals surface area contributed by atoms with Crippen molar-refractivity contribution in [1.29, 1.82) is 5.26 Å². The Morgan fingerprint density at radius 1 is 1.15 bits per heavy atom. The number of ether oxygens (including phenoxy) is 1. The fraction of sp³-hybridized carbons (Fsp3) is 0.375. The summed E-state index contributed by atoms with van der Waals surface area (Å²) >= 11 is 0. The van der Waals surface area contributed by atoms with Gasteiger partial charge in [0.05, 0.1) is 23.5 Å². The number of hydrogen-bond acceptors (Lipinski definition) is 6. The van der Waals surface area contributed by atoms with E-state index < -0.39 is 33.9 Å². The lowest BCUT2D eigenvalue weighted by molar-refractivity contribution is -0.125. The Kier molecular flexibility index (Phi) is 7.91. The third-order valence-corrected chi connectivity index (χ3v) is 7.33. The number of amides is 2. The number of primary amides is 1. The van der Waals surface area contributed by atoms with E-state index >= 15 is 0 Å². The Morgan fingerprint density at radius 2 is 1.74 bits per heavy atom. The number of nitrogens with two attached hydrogens (primary N) is 1. The zero-order chi connectivity index (χ0) is 24.9. The highest BCUT2D eigenvalue weighted by molar-refractivity contribution is 7.89. The fourth-order valence-electron chi connectivity index (χ4n) is 3.84. The van der Waals surface area contributed by atoms with Crippen molar-refractivity contribution in [2.24, 2.45) is 5.73 Å². The van der Waals surface area contributed by atoms with Crippen molar-refractivity contribution >= 4 is 21.8 Å². The lowest BCUT2D eigenvalue weighted by Gasteiger charge is -2.24. The number of nitrogens with zero attached hydrogens (tertiary/aromatic N) is 2. The smallest absolute Gasteiger partial charge is 0.243 e. The standard InChI is InChI=1S/C24H28N4O5S/c1-16(2)33-20-9-5-17(6-10-20)18-7-11-21(12-8-18)34(31,32)28-13-3-4-22(28)24(30)27-19(15-25)14-23(26)29/h5-12,16,19,22H,3-4,13-14H2,1-2H3,(H2,26,29)(H,27,30)/t19-,22-/m0/s1. The molecule has 2 atom stereocenters. The molecule has 0 spiro atoms. The van der Waals surface area contributed by atoms with Gasteiger partial charge in [0.25, 0.3) is 0 Å². The molecule has 180 valence electrons. The average Bonchev–Trinajstić information content (AvgIpc) is 3.30. The summed E-state index contributed by atoms with van der Waals surface area (Å²) in [4.78, 5) is 23.8. The molecule has 2 aromatic carbocycles. The molecule has 1 aliphatic rings. The van der Waals surface area contributed by atoms with Crippen LogP contribution < -0.4 is 15.8 Å². The van der Waals surface area contributed by atoms with Crippen molar-refractivity contribution in [3.05, 3.63) is 48.5 Å². The van der Waals surface area contributed by atoms with Crippen LogP contribution in [0.4, 0.5) is 0 Å². The van der Waals surface area contributed by atoms with Gasteiger partial charge in [0.15, 0.2) is 0 Å². The molecule has 9 nitrogen and oxygen atoms in total. The number of benzene rings is 2. The van der Waals surface area contributed by atoms with Gasteiger partial charge in [-0.3, -0.25) is 9.59 Å². The van der Waals surface area contributed by atoms with Gasteiger partial charge in [-0.2, -0.15) is 9.57 Å². The first-order valence-electron chi connectivity index (χ1n) is 11.0. The van der Waals surface area contributed by atoms with Gasteiger partial charge in [-0.25, -0.2) is 8.42 Å². The molecule has 1 heterocycles. The number of carbonyl (C=O) groups excluding carboxylic acids is 2. The maximum absolute atomic E-state index is 13.3. The van der Waals surface area contributed by atoms with Crippen molar-refractivity contribution in [3.63, 3.8) is 0 Å². The predicted octanol–water partition coefficient (Wildman–Crippen LogP) is 2.18. The van der Waals surface area contributed by atoms with Crippen LogP contribution in [0.3, 0.4) is 0 Å².